The van der Waals surface area contributed by atoms with Crippen LogP contribution < -0.4 is 4.74 Å². The van der Waals surface area contributed by atoms with Crippen molar-refractivity contribution in [1.29, 1.82) is 0 Å². The molecule has 1 nitrogen and oxygen atoms in total. The summed E-state index contributed by atoms with van der Waals surface area (Å²) in [5, 5.41) is 2.99. The first-order valence-electron chi connectivity index (χ1n) is 7.28. The molecule has 1 atom stereocenters. The van der Waals surface area contributed by atoms with Gasteiger partial charge in [0.1, 0.15) is 5.75 Å². The Morgan fingerprint density at radius 3 is 2.62 bits per heavy atom. The van der Waals surface area contributed by atoms with Gasteiger partial charge in [-0.2, -0.15) is 0 Å². The summed E-state index contributed by atoms with van der Waals surface area (Å²) in [6, 6.07) is 21.6. The van der Waals surface area contributed by atoms with E-state index in [0.717, 1.165) is 5.75 Å². The molecule has 0 spiro atoms. The highest BCUT2D eigenvalue weighted by molar-refractivity contribution is 8.00. The second-order valence-electron chi connectivity index (χ2n) is 5.17. The van der Waals surface area contributed by atoms with Crippen LogP contribution in [0.4, 0.5) is 0 Å². The molecule has 0 fully saturated rings. The molecule has 21 heavy (non-hydrogen) atoms. The van der Waals surface area contributed by atoms with Crippen molar-refractivity contribution < 1.29 is 4.74 Å². The SMILES string of the molecule is CCOc1ccc2c3c(cccc13)SC2c1ccccc1. The maximum Gasteiger partial charge on any atom is 0.127 e. The molecule has 2 heteroatoms. The normalized spacial score (nSPS) is 16.3. The Morgan fingerprint density at radius 2 is 1.81 bits per heavy atom. The summed E-state index contributed by atoms with van der Waals surface area (Å²) in [6.45, 7) is 2.73. The highest BCUT2D eigenvalue weighted by Gasteiger charge is 2.27. The standard InChI is InChI=1S/C19H16OS/c1-2-20-16-12-11-15-18-14(16)9-6-10-17(18)21-19(15)13-7-4-3-5-8-13/h3-12,19H,2H2,1H3. The Labute approximate surface area is 128 Å². The number of rotatable bonds is 3. The fourth-order valence-corrected chi connectivity index (χ4v) is 4.41. The average molecular weight is 292 g/mol. The van der Waals surface area contributed by atoms with Gasteiger partial charge in [-0.05, 0) is 30.2 Å². The summed E-state index contributed by atoms with van der Waals surface area (Å²) in [5.41, 5.74) is 2.77. The van der Waals surface area contributed by atoms with E-state index < -0.39 is 0 Å². The van der Waals surface area contributed by atoms with E-state index >= 15 is 0 Å². The molecule has 1 aliphatic rings. The predicted molar refractivity (Wildman–Crippen MR) is 89.3 cm³/mol. The number of thioether (sulfide) groups is 1. The number of benzene rings is 3. The van der Waals surface area contributed by atoms with E-state index in [1.54, 1.807) is 0 Å². The van der Waals surface area contributed by atoms with Crippen LogP contribution in [0, 0.1) is 0 Å². The Balaban J connectivity index is 1.92. The molecule has 3 aromatic carbocycles. The van der Waals surface area contributed by atoms with Crippen molar-refractivity contribution in [3.05, 3.63) is 71.8 Å². The largest absolute Gasteiger partial charge is 0.493 e. The van der Waals surface area contributed by atoms with Crippen LogP contribution in [-0.4, -0.2) is 6.61 Å². The lowest BCUT2D eigenvalue weighted by Crippen LogP contribution is -1.95. The zero-order valence-electron chi connectivity index (χ0n) is 11.9. The summed E-state index contributed by atoms with van der Waals surface area (Å²) in [6.07, 6.45) is 0. The fourth-order valence-electron chi connectivity index (χ4n) is 3.04. The Hall–Kier alpha value is -1.93. The summed E-state index contributed by atoms with van der Waals surface area (Å²) in [4.78, 5) is 1.36. The van der Waals surface area contributed by atoms with E-state index in [1.807, 2.05) is 18.7 Å². The van der Waals surface area contributed by atoms with E-state index in [0.29, 0.717) is 11.9 Å². The second-order valence-corrected chi connectivity index (χ2v) is 6.32. The molecule has 0 aromatic heterocycles. The van der Waals surface area contributed by atoms with Crippen LogP contribution in [0.1, 0.15) is 23.3 Å². The summed E-state index contributed by atoms with van der Waals surface area (Å²) in [5.74, 6) is 0.993. The minimum atomic E-state index is 0.391. The van der Waals surface area contributed by atoms with Crippen molar-refractivity contribution in [3.63, 3.8) is 0 Å². The van der Waals surface area contributed by atoms with Gasteiger partial charge in [-0.15, -0.1) is 11.8 Å². The first-order valence-corrected chi connectivity index (χ1v) is 8.16. The minimum absolute atomic E-state index is 0.391. The van der Waals surface area contributed by atoms with Gasteiger partial charge in [0.2, 0.25) is 0 Å². The topological polar surface area (TPSA) is 9.23 Å². The van der Waals surface area contributed by atoms with Crippen LogP contribution in [0.3, 0.4) is 0 Å². The Morgan fingerprint density at radius 1 is 0.952 bits per heavy atom. The molecule has 3 aromatic rings. The van der Waals surface area contributed by atoms with E-state index in [1.165, 1.54) is 26.8 Å². The molecule has 0 bridgehead atoms. The Kier molecular flexibility index (Phi) is 3.12. The van der Waals surface area contributed by atoms with Gasteiger partial charge in [0.05, 0.1) is 11.9 Å². The van der Waals surface area contributed by atoms with Crippen LogP contribution in [0.25, 0.3) is 10.8 Å². The van der Waals surface area contributed by atoms with Crippen LogP contribution in [0.2, 0.25) is 0 Å². The van der Waals surface area contributed by atoms with E-state index in [9.17, 15) is 0 Å². The molecular weight excluding hydrogens is 276 g/mol. The lowest BCUT2D eigenvalue weighted by Gasteiger charge is -2.12. The zero-order chi connectivity index (χ0) is 14.2. The quantitative estimate of drug-likeness (QED) is 0.636. The van der Waals surface area contributed by atoms with Gasteiger partial charge in [-0.25, -0.2) is 0 Å². The van der Waals surface area contributed by atoms with Gasteiger partial charge in [0, 0.05) is 15.7 Å². The first-order chi connectivity index (χ1) is 10.4. The van der Waals surface area contributed by atoms with Crippen LogP contribution in [0.15, 0.2) is 65.6 Å². The van der Waals surface area contributed by atoms with Gasteiger partial charge < -0.3 is 4.74 Å². The van der Waals surface area contributed by atoms with Crippen molar-refractivity contribution in [1.82, 2.24) is 0 Å². The lowest BCUT2D eigenvalue weighted by atomic mass is 9.98. The molecular formula is C19H16OS. The molecule has 0 amide bonds. The molecule has 0 saturated heterocycles. The molecule has 1 unspecified atom stereocenters. The third kappa shape index (κ3) is 2.02. The molecule has 1 heterocycles. The van der Waals surface area contributed by atoms with Gasteiger partial charge in [0.25, 0.3) is 0 Å². The lowest BCUT2D eigenvalue weighted by molar-refractivity contribution is 0.344. The van der Waals surface area contributed by atoms with Crippen molar-refractivity contribution >= 4 is 22.5 Å². The molecule has 1 aliphatic heterocycles. The molecule has 0 saturated carbocycles. The average Bonchev–Trinajstić information content (AvgIpc) is 2.92. The maximum atomic E-state index is 5.79. The predicted octanol–water partition coefficient (Wildman–Crippen LogP) is 5.43. The van der Waals surface area contributed by atoms with Crippen LogP contribution in [0.5, 0.6) is 5.75 Å². The molecule has 104 valence electrons. The van der Waals surface area contributed by atoms with E-state index in [-0.39, 0.29) is 0 Å². The van der Waals surface area contributed by atoms with E-state index in [4.69, 9.17) is 4.74 Å². The molecule has 4 rings (SSSR count). The van der Waals surface area contributed by atoms with Crippen molar-refractivity contribution in [3.8, 4) is 5.75 Å². The van der Waals surface area contributed by atoms with Crippen LogP contribution >= 0.6 is 11.8 Å². The highest BCUT2D eigenvalue weighted by atomic mass is 32.2. The first kappa shape index (κ1) is 12.8. The van der Waals surface area contributed by atoms with Gasteiger partial charge in [0.15, 0.2) is 0 Å². The summed E-state index contributed by atoms with van der Waals surface area (Å²) in [7, 11) is 0. The third-order valence-electron chi connectivity index (χ3n) is 3.92. The number of hydrogen-bond acceptors (Lipinski definition) is 2. The number of ether oxygens (including phenoxy) is 1. The van der Waals surface area contributed by atoms with Crippen LogP contribution in [-0.2, 0) is 0 Å². The van der Waals surface area contributed by atoms with Crippen molar-refractivity contribution in [2.24, 2.45) is 0 Å². The number of hydrogen-bond donors (Lipinski definition) is 0. The smallest absolute Gasteiger partial charge is 0.127 e. The van der Waals surface area contributed by atoms with Crippen molar-refractivity contribution in [2.75, 3.05) is 6.61 Å². The third-order valence-corrected chi connectivity index (χ3v) is 5.28. The fraction of sp³-hybridized carbons (Fsp3) is 0.158. The second kappa shape index (κ2) is 5.12. The molecule has 0 radical (unpaired) electrons. The minimum Gasteiger partial charge on any atom is -0.493 e. The Bertz CT molecular complexity index is 795. The van der Waals surface area contributed by atoms with E-state index in [2.05, 4.69) is 60.7 Å². The maximum absolute atomic E-state index is 5.79. The highest BCUT2D eigenvalue weighted by Crippen LogP contribution is 2.53. The van der Waals surface area contributed by atoms with Gasteiger partial charge in [-0.1, -0.05) is 48.5 Å². The van der Waals surface area contributed by atoms with Gasteiger partial charge in [-0.3, -0.25) is 0 Å². The van der Waals surface area contributed by atoms with Crippen molar-refractivity contribution in [2.45, 2.75) is 17.1 Å². The molecule has 0 aliphatic carbocycles. The molecule has 0 N–H and O–H groups in total. The van der Waals surface area contributed by atoms with Gasteiger partial charge >= 0.3 is 0 Å². The summed E-state index contributed by atoms with van der Waals surface area (Å²) < 4.78 is 5.79. The monoisotopic (exact) mass is 292 g/mol. The summed E-state index contributed by atoms with van der Waals surface area (Å²) >= 11 is 1.94. The zero-order valence-corrected chi connectivity index (χ0v) is 12.7.